The summed E-state index contributed by atoms with van der Waals surface area (Å²) in [7, 11) is 1.23. The largest absolute Gasteiger partial charge is 0.573 e. The van der Waals surface area contributed by atoms with Crippen LogP contribution < -0.4 is 25.6 Å². The predicted octanol–water partition coefficient (Wildman–Crippen LogP) is 11.6. The molecule has 2 aromatic carbocycles. The molecule has 2 fully saturated rings. The van der Waals surface area contributed by atoms with Crippen LogP contribution >= 0.6 is 23.2 Å². The number of nitrogens with one attached hydrogen (secondary N) is 3. The monoisotopic (exact) mass is 989 g/mol. The number of halogens is 5. The van der Waals surface area contributed by atoms with Gasteiger partial charge in [0.15, 0.2) is 5.75 Å². The number of rotatable bonds is 12. The van der Waals surface area contributed by atoms with Crippen molar-refractivity contribution in [3.05, 3.63) is 87.3 Å². The first-order valence-electron chi connectivity index (χ1n) is 23.0. The van der Waals surface area contributed by atoms with Crippen molar-refractivity contribution in [1.29, 1.82) is 0 Å². The lowest BCUT2D eigenvalue weighted by molar-refractivity contribution is -0.274. The van der Waals surface area contributed by atoms with Gasteiger partial charge in [-0.2, -0.15) is 0 Å². The topological polar surface area (TPSA) is 145 Å². The molecule has 0 aliphatic carbocycles. The second-order valence-electron chi connectivity index (χ2n) is 17.4. The van der Waals surface area contributed by atoms with E-state index >= 15 is 0 Å². The smallest absolute Gasteiger partial charge is 0.453 e. The van der Waals surface area contributed by atoms with E-state index in [0.717, 1.165) is 28.8 Å². The van der Waals surface area contributed by atoms with Gasteiger partial charge in [0.2, 0.25) is 11.8 Å². The summed E-state index contributed by atoms with van der Waals surface area (Å²) in [5.41, 5.74) is 3.02. The van der Waals surface area contributed by atoms with Crippen molar-refractivity contribution in [2.75, 3.05) is 56.6 Å². The van der Waals surface area contributed by atoms with Crippen molar-refractivity contribution in [2.45, 2.75) is 108 Å². The summed E-state index contributed by atoms with van der Waals surface area (Å²) in [5, 5.41) is 7.73. The van der Waals surface area contributed by atoms with E-state index in [1.54, 1.807) is 35.2 Å². The van der Waals surface area contributed by atoms with Crippen LogP contribution in [0, 0.1) is 11.3 Å². The molecule has 1 aromatic heterocycles. The highest BCUT2D eigenvalue weighted by Crippen LogP contribution is 2.47. The summed E-state index contributed by atoms with van der Waals surface area (Å²) < 4.78 is 50.7. The molecule has 2 aliphatic heterocycles. The van der Waals surface area contributed by atoms with Gasteiger partial charge >= 0.3 is 12.5 Å². The summed E-state index contributed by atoms with van der Waals surface area (Å²) >= 11 is 13.2. The Morgan fingerprint density at radius 3 is 2.06 bits per heavy atom. The fraction of sp³-hybridized carbons (Fsp3) is 0.500. The van der Waals surface area contributed by atoms with Crippen molar-refractivity contribution in [1.82, 2.24) is 25.4 Å². The molecule has 18 heteroatoms. The van der Waals surface area contributed by atoms with Gasteiger partial charge in [-0.1, -0.05) is 122 Å². The third-order valence-corrected chi connectivity index (χ3v) is 11.6. The number of benzene rings is 2. The van der Waals surface area contributed by atoms with Gasteiger partial charge in [0.25, 0.3) is 5.91 Å². The molecule has 13 nitrogen and oxygen atoms in total. The Balaban J connectivity index is 0.00000235. The lowest BCUT2D eigenvalue weighted by Crippen LogP contribution is -2.51. The Morgan fingerprint density at radius 1 is 0.926 bits per heavy atom. The maximum atomic E-state index is 13.9. The van der Waals surface area contributed by atoms with Crippen LogP contribution in [-0.2, 0) is 14.3 Å². The zero-order chi connectivity index (χ0) is 51.1. The lowest BCUT2D eigenvalue weighted by Gasteiger charge is -2.38. The fourth-order valence-corrected chi connectivity index (χ4v) is 8.03. The minimum atomic E-state index is -5.14. The quantitative estimate of drug-likeness (QED) is 0.161. The van der Waals surface area contributed by atoms with E-state index in [9.17, 15) is 32.3 Å². The van der Waals surface area contributed by atoms with Crippen LogP contribution in [0.2, 0.25) is 10.0 Å². The molecule has 374 valence electrons. The lowest BCUT2D eigenvalue weighted by atomic mass is 9.94. The SMILES string of the molecule is CC.CC/C(C)=C(/N/C=C(\C)c1ccc(-c2cc(Cl)c(NC(=O)c3ccc(N4CCN(C(=O)C(C)(C)C)CC4)nc3)c(Cl)c2OC(F)(F)F)cc1)C1CC(C)CN1C(=O)CNC(=O)OC.CCC. The molecule has 4 amide bonds. The third kappa shape index (κ3) is 15.5. The molecule has 2 aliphatic rings. The Kier molecular flexibility index (Phi) is 21.5. The maximum absolute atomic E-state index is 13.9. The highest BCUT2D eigenvalue weighted by molar-refractivity contribution is 6.41. The summed E-state index contributed by atoms with van der Waals surface area (Å²) in [5.74, 6) is -0.813. The third-order valence-electron chi connectivity index (χ3n) is 11.0. The Bertz CT molecular complexity index is 2260. The van der Waals surface area contributed by atoms with Crippen LogP contribution in [-0.4, -0.2) is 97.4 Å². The first-order chi connectivity index (χ1) is 32.0. The number of aromatic nitrogens is 1. The van der Waals surface area contributed by atoms with Gasteiger partial charge in [0.1, 0.15) is 17.4 Å². The van der Waals surface area contributed by atoms with Gasteiger partial charge in [-0.15, -0.1) is 13.2 Å². The summed E-state index contributed by atoms with van der Waals surface area (Å²) in [6, 6.07) is 10.8. The molecule has 3 aromatic rings. The number of piperazine rings is 1. The number of anilines is 2. The van der Waals surface area contributed by atoms with Gasteiger partial charge in [-0.05, 0) is 67.5 Å². The average molecular weight is 991 g/mol. The normalized spacial score (nSPS) is 16.6. The molecular formula is C50H68Cl2F3N7O6. The molecule has 68 heavy (non-hydrogen) atoms. The number of pyridine rings is 1. The maximum Gasteiger partial charge on any atom is 0.573 e. The summed E-state index contributed by atoms with van der Waals surface area (Å²) in [6.45, 7) is 24.3. The molecule has 0 spiro atoms. The number of methoxy groups -OCH3 is 1. The summed E-state index contributed by atoms with van der Waals surface area (Å²) in [4.78, 5) is 60.9. The number of hydrogen-bond acceptors (Lipinski definition) is 9. The molecule has 3 N–H and O–H groups in total. The van der Waals surface area contributed by atoms with E-state index < -0.39 is 34.5 Å². The van der Waals surface area contributed by atoms with Crippen molar-refractivity contribution in [3.63, 3.8) is 0 Å². The predicted molar refractivity (Wildman–Crippen MR) is 266 cm³/mol. The average Bonchev–Trinajstić information content (AvgIpc) is 3.71. The van der Waals surface area contributed by atoms with Gasteiger partial charge in [0, 0.05) is 61.8 Å². The molecular weight excluding hydrogens is 922 g/mol. The van der Waals surface area contributed by atoms with Crippen molar-refractivity contribution in [3.8, 4) is 16.9 Å². The second-order valence-corrected chi connectivity index (χ2v) is 18.2. The van der Waals surface area contributed by atoms with Crippen molar-refractivity contribution < 1.29 is 41.8 Å². The van der Waals surface area contributed by atoms with E-state index in [0.29, 0.717) is 50.5 Å². The van der Waals surface area contributed by atoms with Gasteiger partial charge < -0.3 is 40.1 Å². The van der Waals surface area contributed by atoms with Crippen LogP contribution in [0.1, 0.15) is 111 Å². The highest BCUT2D eigenvalue weighted by atomic mass is 35.5. The number of carbonyl (C=O) groups is 4. The molecule has 2 unspecified atom stereocenters. The van der Waals surface area contributed by atoms with E-state index in [1.807, 2.05) is 71.4 Å². The van der Waals surface area contributed by atoms with Crippen LogP contribution in [0.15, 0.2) is 66.1 Å². The second kappa shape index (κ2) is 25.8. The van der Waals surface area contributed by atoms with E-state index in [1.165, 1.54) is 31.9 Å². The zero-order valence-corrected chi connectivity index (χ0v) is 42.9. The van der Waals surface area contributed by atoms with Crippen LogP contribution in [0.3, 0.4) is 0 Å². The number of ether oxygens (including phenoxy) is 2. The number of nitrogens with zero attached hydrogens (tertiary/aromatic N) is 4. The molecule has 0 bridgehead atoms. The Labute approximate surface area is 409 Å². The van der Waals surface area contributed by atoms with Gasteiger partial charge in [-0.25, -0.2) is 9.78 Å². The fourth-order valence-electron chi connectivity index (χ4n) is 7.44. The Hall–Kier alpha value is -5.48. The molecule has 3 heterocycles. The number of alkyl halides is 3. The molecule has 2 saturated heterocycles. The van der Waals surface area contributed by atoms with Crippen LogP contribution in [0.5, 0.6) is 5.75 Å². The summed E-state index contributed by atoms with van der Waals surface area (Å²) in [6.07, 6.45) is 0.00986. The number of likely N-dealkylation sites (tertiary alicyclic amines) is 1. The minimum Gasteiger partial charge on any atom is -0.453 e. The molecule has 0 saturated carbocycles. The van der Waals surface area contributed by atoms with Crippen LogP contribution in [0.25, 0.3) is 16.7 Å². The molecule has 5 rings (SSSR count). The van der Waals surface area contributed by atoms with E-state index in [-0.39, 0.29) is 52.2 Å². The first kappa shape index (κ1) is 56.8. The van der Waals surface area contributed by atoms with Crippen molar-refractivity contribution >= 4 is 64.1 Å². The minimum absolute atomic E-state index is 0.0625. The van der Waals surface area contributed by atoms with Crippen molar-refractivity contribution in [2.24, 2.45) is 11.3 Å². The first-order valence-corrected chi connectivity index (χ1v) is 23.7. The zero-order valence-electron chi connectivity index (χ0n) is 41.3. The standard InChI is InChI=1S/C45H54Cl2F3N7O6.C3H8.C2H6/c1-9-27(3)38(34-20-26(2)25-57(34)36(58)24-53-43(61)62-8)52-22-28(4)29-10-12-30(13-11-29)32-21-33(46)39(37(47)40(32)63-45(48,49)50)54-41(59)31-14-15-35(51-23-31)55-16-18-56(19-17-55)42(60)44(5,6)7;1-3-2;1-2/h10-15,21-23,26,34,52H,9,16-20,24-25H2,1-8H3,(H,53,61)(H,54,59);3H2,1-2H3;1-2H3/b28-22+,38-27+;;. The highest BCUT2D eigenvalue weighted by Gasteiger charge is 2.37. The van der Waals surface area contributed by atoms with E-state index in [4.69, 9.17) is 23.2 Å². The number of alkyl carbamates (subject to hydrolysis) is 1. The van der Waals surface area contributed by atoms with Gasteiger partial charge in [-0.3, -0.25) is 14.4 Å². The number of carbonyl (C=O) groups excluding carboxylic acids is 4. The number of hydrogen-bond donors (Lipinski definition) is 3. The van der Waals surface area contributed by atoms with E-state index in [2.05, 4.69) is 51.2 Å². The van der Waals surface area contributed by atoms with Crippen LogP contribution in [0.4, 0.5) is 29.5 Å². The molecule has 0 radical (unpaired) electrons. The molecule has 2 atom stereocenters. The number of amides is 4. The van der Waals surface area contributed by atoms with Gasteiger partial charge in [0.05, 0.1) is 29.4 Å². The Morgan fingerprint density at radius 2 is 1.53 bits per heavy atom. The number of allylic oxidation sites excluding steroid dienone is 2.